The Morgan fingerprint density at radius 3 is 0.628 bits per heavy atom. The van der Waals surface area contributed by atoms with Crippen LogP contribution in [0.15, 0.2) is 21.7 Å². The molecule has 1 rings (SSSR count). The van der Waals surface area contributed by atoms with E-state index in [9.17, 15) is 9.59 Å². The zero-order chi connectivity index (χ0) is 67.1. The Balaban J connectivity index is 1.66. The first-order chi connectivity index (χ1) is 46.7. The largest absolute Gasteiger partial charge is 0.382 e. The van der Waals surface area contributed by atoms with Crippen LogP contribution >= 0.6 is 0 Å². The van der Waals surface area contributed by atoms with Crippen molar-refractivity contribution < 1.29 is 104 Å². The van der Waals surface area contributed by atoms with Crippen molar-refractivity contribution in [2.45, 2.75) is 103 Å². The highest BCUT2D eigenvalue weighted by Crippen LogP contribution is 2.15. The molecule has 0 unspecified atom stereocenters. The van der Waals surface area contributed by atoms with Crippen molar-refractivity contribution in [2.75, 3.05) is 315 Å². The summed E-state index contributed by atoms with van der Waals surface area (Å²) in [7, 11) is 1.64. The SMILES string of the molecule is CCCCCCCCC/C=C\CCCCCCCCNc1c(NCCOCCOCCOCCOCCOCCOCCOCCOCCOCCOCCOCCOCCOCCOCCOCCOCCOCCOCCOCCOCCOCCOC)c(=O)c1=O. The van der Waals surface area contributed by atoms with Crippen LogP contribution in [0.5, 0.6) is 0 Å². The highest BCUT2D eigenvalue weighted by atomic mass is 16.6. The van der Waals surface area contributed by atoms with Gasteiger partial charge >= 0.3 is 0 Å². The van der Waals surface area contributed by atoms with Gasteiger partial charge in [0.05, 0.1) is 284 Å². The maximum atomic E-state index is 12.1. The fraction of sp³-hybridized carbons (Fsp3) is 0.912. The van der Waals surface area contributed by atoms with E-state index in [1.165, 1.54) is 83.5 Å². The van der Waals surface area contributed by atoms with Gasteiger partial charge in [-0.25, -0.2) is 0 Å². The fourth-order valence-electron chi connectivity index (χ4n) is 8.38. The van der Waals surface area contributed by atoms with E-state index in [0.717, 1.165) is 12.8 Å². The van der Waals surface area contributed by atoms with E-state index in [1.54, 1.807) is 7.11 Å². The average molecular weight is 1360 g/mol. The number of anilines is 2. The minimum atomic E-state index is -0.470. The molecule has 94 heavy (non-hydrogen) atoms. The van der Waals surface area contributed by atoms with Gasteiger partial charge in [0, 0.05) is 20.2 Å². The van der Waals surface area contributed by atoms with Crippen LogP contribution in [0.3, 0.4) is 0 Å². The first-order valence-electron chi connectivity index (χ1n) is 35.3. The van der Waals surface area contributed by atoms with Gasteiger partial charge in [-0.3, -0.25) is 9.59 Å². The molecule has 0 saturated carbocycles. The average Bonchev–Trinajstić information content (AvgIpc) is 0.815. The maximum Gasteiger partial charge on any atom is 0.253 e. The summed E-state index contributed by atoms with van der Waals surface area (Å²) < 4.78 is 121. The lowest BCUT2D eigenvalue weighted by molar-refractivity contribution is -0.0316. The van der Waals surface area contributed by atoms with Gasteiger partial charge in [-0.1, -0.05) is 83.3 Å². The summed E-state index contributed by atoms with van der Waals surface area (Å²) in [4.78, 5) is 24.2. The Labute approximate surface area is 564 Å². The van der Waals surface area contributed by atoms with Crippen molar-refractivity contribution in [1.29, 1.82) is 0 Å². The van der Waals surface area contributed by atoms with Crippen LogP contribution in [-0.2, 0) is 104 Å². The quantitative estimate of drug-likeness (QED) is 0.0399. The molecule has 0 aromatic heterocycles. The van der Waals surface area contributed by atoms with Crippen molar-refractivity contribution >= 4 is 11.4 Å². The number of allylic oxidation sites excluding steroid dienone is 2. The molecule has 0 amide bonds. The third-order valence-corrected chi connectivity index (χ3v) is 13.6. The molecule has 26 heteroatoms. The van der Waals surface area contributed by atoms with Crippen LogP contribution in [0.4, 0.5) is 11.4 Å². The van der Waals surface area contributed by atoms with Crippen molar-refractivity contribution in [2.24, 2.45) is 0 Å². The van der Waals surface area contributed by atoms with Crippen LogP contribution in [0.25, 0.3) is 0 Å². The first-order valence-corrected chi connectivity index (χ1v) is 35.3. The Morgan fingerprint density at radius 2 is 0.404 bits per heavy atom. The third-order valence-electron chi connectivity index (χ3n) is 13.6. The summed E-state index contributed by atoms with van der Waals surface area (Å²) in [6.07, 6.45) is 23.7. The molecule has 0 heterocycles. The van der Waals surface area contributed by atoms with Gasteiger partial charge in [0.15, 0.2) is 0 Å². The standard InChI is InChI=1S/C68H130N2O24/c1-3-4-5-6-7-8-9-10-11-12-13-14-15-16-17-18-19-20-69-65-66(68(72)67(65)71)70-21-22-74-25-26-76-29-30-78-33-34-80-37-38-82-41-42-84-45-46-86-49-50-88-53-54-90-57-58-92-61-62-94-64-63-93-60-59-91-56-55-89-52-51-87-48-47-85-44-43-83-40-39-81-36-35-79-32-31-77-28-27-75-24-23-73-2/h11-12,69-70H,3-10,13-64H2,1-2H3/b12-11-. The molecule has 0 spiro atoms. The molecule has 0 aliphatic carbocycles. The van der Waals surface area contributed by atoms with Crippen LogP contribution in [0, 0.1) is 0 Å². The lowest BCUT2D eigenvalue weighted by Gasteiger charge is -2.15. The molecular formula is C68H130N2O24. The van der Waals surface area contributed by atoms with Gasteiger partial charge in [0.1, 0.15) is 11.4 Å². The van der Waals surface area contributed by atoms with Crippen LogP contribution < -0.4 is 21.5 Å². The first kappa shape index (κ1) is 89.6. The predicted octanol–water partition coefficient (Wildman–Crippen LogP) is 6.53. The number of nitrogens with one attached hydrogen (secondary N) is 2. The molecule has 0 radical (unpaired) electrons. The molecule has 0 aliphatic heterocycles. The highest BCUT2D eigenvalue weighted by molar-refractivity contribution is 5.73. The van der Waals surface area contributed by atoms with Gasteiger partial charge in [-0.15, -0.1) is 0 Å². The Morgan fingerprint density at radius 1 is 0.223 bits per heavy atom. The molecule has 0 atom stereocenters. The Kier molecular flexibility index (Phi) is 75.8. The number of hydrogen-bond donors (Lipinski definition) is 2. The van der Waals surface area contributed by atoms with E-state index < -0.39 is 10.9 Å². The summed E-state index contributed by atoms with van der Waals surface area (Å²) >= 11 is 0. The summed E-state index contributed by atoms with van der Waals surface area (Å²) in [5.74, 6) is 0. The molecule has 1 aromatic rings. The summed E-state index contributed by atoms with van der Waals surface area (Å²) in [5.41, 5.74) is -0.151. The highest BCUT2D eigenvalue weighted by Gasteiger charge is 2.20. The molecule has 556 valence electrons. The minimum Gasteiger partial charge on any atom is -0.382 e. The maximum absolute atomic E-state index is 12.1. The van der Waals surface area contributed by atoms with E-state index in [-0.39, 0.29) is 0 Å². The summed E-state index contributed by atoms with van der Waals surface area (Å²) in [5, 5.41) is 6.22. The van der Waals surface area contributed by atoms with Crippen molar-refractivity contribution in [3.05, 3.63) is 32.6 Å². The molecule has 1 aromatic carbocycles. The second-order valence-corrected chi connectivity index (χ2v) is 21.4. The van der Waals surface area contributed by atoms with E-state index >= 15 is 0 Å². The third kappa shape index (κ3) is 68.1. The van der Waals surface area contributed by atoms with E-state index in [2.05, 4.69) is 29.7 Å². The minimum absolute atomic E-state index is 0.364. The smallest absolute Gasteiger partial charge is 0.253 e. The van der Waals surface area contributed by atoms with Crippen molar-refractivity contribution in [3.8, 4) is 0 Å². The van der Waals surface area contributed by atoms with Crippen molar-refractivity contribution in [1.82, 2.24) is 0 Å². The van der Waals surface area contributed by atoms with Gasteiger partial charge < -0.3 is 115 Å². The van der Waals surface area contributed by atoms with Gasteiger partial charge in [0.25, 0.3) is 10.9 Å². The zero-order valence-electron chi connectivity index (χ0n) is 58.4. The zero-order valence-corrected chi connectivity index (χ0v) is 58.4. The van der Waals surface area contributed by atoms with E-state index in [0.29, 0.717) is 309 Å². The van der Waals surface area contributed by atoms with E-state index in [4.69, 9.17) is 104 Å². The number of methoxy groups -OCH3 is 1. The number of hydrogen-bond acceptors (Lipinski definition) is 26. The topological polar surface area (TPSA) is 261 Å². The second-order valence-electron chi connectivity index (χ2n) is 21.4. The lowest BCUT2D eigenvalue weighted by atomic mass is 10.1. The molecule has 26 nitrogen and oxygen atoms in total. The molecule has 0 aliphatic rings. The molecular weight excluding hydrogens is 1230 g/mol. The monoisotopic (exact) mass is 1360 g/mol. The van der Waals surface area contributed by atoms with E-state index in [1.807, 2.05) is 0 Å². The second kappa shape index (κ2) is 79.5. The molecule has 0 saturated heterocycles. The molecule has 0 bridgehead atoms. The Bertz CT molecular complexity index is 1700. The van der Waals surface area contributed by atoms with Crippen LogP contribution in [0.1, 0.15) is 103 Å². The molecule has 2 N–H and O–H groups in total. The lowest BCUT2D eigenvalue weighted by Crippen LogP contribution is -2.38. The van der Waals surface area contributed by atoms with Gasteiger partial charge in [0.2, 0.25) is 0 Å². The van der Waals surface area contributed by atoms with Gasteiger partial charge in [-0.05, 0) is 32.1 Å². The van der Waals surface area contributed by atoms with Crippen LogP contribution in [-0.4, -0.2) is 304 Å². The normalized spacial score (nSPS) is 11.9. The summed E-state index contributed by atoms with van der Waals surface area (Å²) in [6, 6.07) is 0. The predicted molar refractivity (Wildman–Crippen MR) is 361 cm³/mol. The number of unbranched alkanes of at least 4 members (excludes halogenated alkanes) is 13. The summed E-state index contributed by atoms with van der Waals surface area (Å²) in [6.45, 7) is 24.3. The van der Waals surface area contributed by atoms with Crippen molar-refractivity contribution in [3.63, 3.8) is 0 Å². The number of ether oxygens (including phenoxy) is 22. The van der Waals surface area contributed by atoms with Crippen LogP contribution in [0.2, 0.25) is 0 Å². The van der Waals surface area contributed by atoms with Gasteiger partial charge in [-0.2, -0.15) is 0 Å². The fourth-order valence-corrected chi connectivity index (χ4v) is 8.38. The Hall–Kier alpha value is -2.46. The molecule has 0 fully saturated rings. The number of rotatable bonds is 85.